The normalized spacial score (nSPS) is 10.5. The molecule has 0 aliphatic rings. The highest BCUT2D eigenvalue weighted by Crippen LogP contribution is 2.11. The van der Waals surface area contributed by atoms with Gasteiger partial charge in [0.1, 0.15) is 0 Å². The number of carbonyl (C=O) groups is 1. The molecule has 0 bridgehead atoms. The Balaban J connectivity index is 2.50. The van der Waals surface area contributed by atoms with E-state index in [4.69, 9.17) is 5.11 Å². The van der Waals surface area contributed by atoms with E-state index in [2.05, 4.69) is 21.2 Å². The second-order valence-corrected chi connectivity index (χ2v) is 3.82. The predicted octanol–water partition coefficient (Wildman–Crippen LogP) is 1.57. The van der Waals surface area contributed by atoms with Crippen molar-refractivity contribution in [1.29, 1.82) is 0 Å². The third kappa shape index (κ3) is 4.76. The largest absolute Gasteiger partial charge is 0.395 e. The molecule has 1 rings (SSSR count). The second-order valence-electron chi connectivity index (χ2n) is 2.90. The van der Waals surface area contributed by atoms with Crippen molar-refractivity contribution in [2.24, 2.45) is 0 Å². The number of amides is 1. The highest BCUT2D eigenvalue weighted by molar-refractivity contribution is 9.10. The molecule has 0 heterocycles. The van der Waals surface area contributed by atoms with Crippen molar-refractivity contribution in [3.8, 4) is 0 Å². The number of hydrogen-bond donors (Lipinski definition) is 2. The average molecular weight is 270 g/mol. The number of hydrogen-bond acceptors (Lipinski definition) is 2. The Kier molecular flexibility index (Phi) is 5.07. The first kappa shape index (κ1) is 11.9. The summed E-state index contributed by atoms with van der Waals surface area (Å²) in [7, 11) is 0. The van der Waals surface area contributed by atoms with Crippen molar-refractivity contribution in [2.45, 2.75) is 0 Å². The van der Waals surface area contributed by atoms with Crippen molar-refractivity contribution in [3.05, 3.63) is 40.4 Å². The van der Waals surface area contributed by atoms with Gasteiger partial charge in [-0.1, -0.05) is 28.1 Å². The van der Waals surface area contributed by atoms with E-state index in [1.807, 2.05) is 24.3 Å². The maximum absolute atomic E-state index is 11.1. The third-order valence-corrected chi connectivity index (χ3v) is 2.24. The van der Waals surface area contributed by atoms with Gasteiger partial charge in [0, 0.05) is 17.1 Å². The van der Waals surface area contributed by atoms with Crippen molar-refractivity contribution in [2.75, 3.05) is 13.2 Å². The lowest BCUT2D eigenvalue weighted by molar-refractivity contribution is -0.116. The fourth-order valence-electron chi connectivity index (χ4n) is 0.984. The summed E-state index contributed by atoms with van der Waals surface area (Å²) in [6.45, 7) is 0.237. The molecule has 1 amide bonds. The van der Waals surface area contributed by atoms with Gasteiger partial charge in [0.05, 0.1) is 6.61 Å². The maximum atomic E-state index is 11.1. The minimum Gasteiger partial charge on any atom is -0.395 e. The summed E-state index contributed by atoms with van der Waals surface area (Å²) in [6.07, 6.45) is 3.16. The molecule has 0 saturated heterocycles. The van der Waals surface area contributed by atoms with Crippen LogP contribution in [0.15, 0.2) is 34.8 Å². The lowest BCUT2D eigenvalue weighted by Crippen LogP contribution is -2.24. The molecule has 3 nitrogen and oxygen atoms in total. The number of benzene rings is 1. The van der Waals surface area contributed by atoms with Gasteiger partial charge in [-0.25, -0.2) is 0 Å². The lowest BCUT2D eigenvalue weighted by atomic mass is 10.2. The van der Waals surface area contributed by atoms with Gasteiger partial charge in [0.25, 0.3) is 0 Å². The zero-order valence-electron chi connectivity index (χ0n) is 8.11. The SMILES string of the molecule is O=C(/C=C/c1ccc(Br)cc1)NCCO. The molecule has 4 heteroatoms. The quantitative estimate of drug-likeness (QED) is 0.816. The molecule has 0 unspecified atom stereocenters. The van der Waals surface area contributed by atoms with Crippen molar-refractivity contribution >= 4 is 27.9 Å². The van der Waals surface area contributed by atoms with E-state index in [0.29, 0.717) is 0 Å². The Morgan fingerprint density at radius 3 is 2.67 bits per heavy atom. The number of aliphatic hydroxyl groups excluding tert-OH is 1. The summed E-state index contributed by atoms with van der Waals surface area (Å²) in [5.74, 6) is -0.202. The van der Waals surface area contributed by atoms with Crippen LogP contribution in [0.4, 0.5) is 0 Å². The molecule has 15 heavy (non-hydrogen) atoms. The van der Waals surface area contributed by atoms with E-state index in [1.165, 1.54) is 6.08 Å². The van der Waals surface area contributed by atoms with Crippen LogP contribution in [-0.2, 0) is 4.79 Å². The van der Waals surface area contributed by atoms with Crippen LogP contribution in [-0.4, -0.2) is 24.2 Å². The van der Waals surface area contributed by atoms with Crippen molar-refractivity contribution in [1.82, 2.24) is 5.32 Å². The first-order chi connectivity index (χ1) is 7.22. The summed E-state index contributed by atoms with van der Waals surface area (Å²) >= 11 is 3.33. The molecule has 80 valence electrons. The highest BCUT2D eigenvalue weighted by Gasteiger charge is 1.93. The van der Waals surface area contributed by atoms with E-state index in [-0.39, 0.29) is 19.1 Å². The third-order valence-electron chi connectivity index (χ3n) is 1.71. The summed E-state index contributed by atoms with van der Waals surface area (Å²) < 4.78 is 1.00. The van der Waals surface area contributed by atoms with E-state index < -0.39 is 0 Å². The molecule has 0 fully saturated rings. The summed E-state index contributed by atoms with van der Waals surface area (Å²) in [6, 6.07) is 7.62. The molecule has 2 N–H and O–H groups in total. The van der Waals surface area contributed by atoms with Gasteiger partial charge in [-0.3, -0.25) is 4.79 Å². The fourth-order valence-corrected chi connectivity index (χ4v) is 1.25. The monoisotopic (exact) mass is 269 g/mol. The Labute approximate surface area is 96.9 Å². The van der Waals surface area contributed by atoms with E-state index in [0.717, 1.165) is 10.0 Å². The van der Waals surface area contributed by atoms with Crippen LogP contribution in [0.1, 0.15) is 5.56 Å². The van der Waals surface area contributed by atoms with Crippen LogP contribution in [0.2, 0.25) is 0 Å². The standard InChI is InChI=1S/C11H12BrNO2/c12-10-4-1-9(2-5-10)3-6-11(15)13-7-8-14/h1-6,14H,7-8H2,(H,13,15)/b6-3+. The molecule has 1 aromatic carbocycles. The van der Waals surface area contributed by atoms with Gasteiger partial charge in [0.2, 0.25) is 5.91 Å². The highest BCUT2D eigenvalue weighted by atomic mass is 79.9. The molecular formula is C11H12BrNO2. The van der Waals surface area contributed by atoms with Gasteiger partial charge >= 0.3 is 0 Å². The van der Waals surface area contributed by atoms with Crippen LogP contribution in [0.25, 0.3) is 6.08 Å². The van der Waals surface area contributed by atoms with Crippen LogP contribution >= 0.6 is 15.9 Å². The smallest absolute Gasteiger partial charge is 0.244 e. The lowest BCUT2D eigenvalue weighted by Gasteiger charge is -1.97. The molecule has 0 atom stereocenters. The number of aliphatic hydroxyl groups is 1. The molecule has 1 aromatic rings. The minimum absolute atomic E-state index is 0.0438. The molecule has 0 radical (unpaired) electrons. The minimum atomic E-state index is -0.202. The Hall–Kier alpha value is -1.13. The van der Waals surface area contributed by atoms with Gasteiger partial charge in [-0.2, -0.15) is 0 Å². The number of rotatable bonds is 4. The van der Waals surface area contributed by atoms with Gasteiger partial charge in [0.15, 0.2) is 0 Å². The van der Waals surface area contributed by atoms with Gasteiger partial charge < -0.3 is 10.4 Å². The predicted molar refractivity (Wildman–Crippen MR) is 63.3 cm³/mol. The maximum Gasteiger partial charge on any atom is 0.244 e. The van der Waals surface area contributed by atoms with Gasteiger partial charge in [-0.05, 0) is 23.8 Å². The first-order valence-corrected chi connectivity index (χ1v) is 5.34. The van der Waals surface area contributed by atoms with Crippen LogP contribution in [0.5, 0.6) is 0 Å². The molecular weight excluding hydrogens is 258 g/mol. The zero-order valence-corrected chi connectivity index (χ0v) is 9.70. The van der Waals surface area contributed by atoms with Crippen LogP contribution < -0.4 is 5.32 Å². The summed E-state index contributed by atoms with van der Waals surface area (Å²) in [5.41, 5.74) is 0.956. The molecule has 0 aliphatic carbocycles. The number of carbonyl (C=O) groups excluding carboxylic acids is 1. The Bertz CT molecular complexity index is 346. The Morgan fingerprint density at radius 2 is 2.07 bits per heavy atom. The molecule has 0 spiro atoms. The average Bonchev–Trinajstić information content (AvgIpc) is 2.25. The first-order valence-electron chi connectivity index (χ1n) is 4.54. The summed E-state index contributed by atoms with van der Waals surface area (Å²) in [4.78, 5) is 11.1. The summed E-state index contributed by atoms with van der Waals surface area (Å²) in [5, 5.41) is 11.0. The Morgan fingerprint density at radius 1 is 1.40 bits per heavy atom. The zero-order chi connectivity index (χ0) is 11.1. The molecule has 0 aromatic heterocycles. The molecule has 0 aliphatic heterocycles. The number of nitrogens with one attached hydrogen (secondary N) is 1. The van der Waals surface area contributed by atoms with Crippen molar-refractivity contribution in [3.63, 3.8) is 0 Å². The van der Waals surface area contributed by atoms with E-state index in [9.17, 15) is 4.79 Å². The second kappa shape index (κ2) is 6.37. The number of halogens is 1. The topological polar surface area (TPSA) is 49.3 Å². The van der Waals surface area contributed by atoms with Crippen molar-refractivity contribution < 1.29 is 9.90 Å². The fraction of sp³-hybridized carbons (Fsp3) is 0.182. The molecule has 0 saturated carbocycles. The van der Waals surface area contributed by atoms with Crippen LogP contribution in [0, 0.1) is 0 Å². The van der Waals surface area contributed by atoms with Gasteiger partial charge in [-0.15, -0.1) is 0 Å². The van der Waals surface area contributed by atoms with E-state index >= 15 is 0 Å². The van der Waals surface area contributed by atoms with E-state index in [1.54, 1.807) is 6.08 Å². The van der Waals surface area contributed by atoms with Crippen LogP contribution in [0.3, 0.4) is 0 Å².